The summed E-state index contributed by atoms with van der Waals surface area (Å²) in [6.07, 6.45) is 6.58. The van der Waals surface area contributed by atoms with Gasteiger partial charge in [0.25, 0.3) is 0 Å². The van der Waals surface area contributed by atoms with Gasteiger partial charge in [0.15, 0.2) is 0 Å². The monoisotopic (exact) mass is 402 g/mol. The molecule has 0 aliphatic heterocycles. The Labute approximate surface area is 140 Å². The van der Waals surface area contributed by atoms with Gasteiger partial charge in [-0.15, -0.1) is 0 Å². The van der Waals surface area contributed by atoms with Crippen molar-refractivity contribution in [3.8, 4) is 11.5 Å². The van der Waals surface area contributed by atoms with Crippen molar-refractivity contribution in [2.45, 2.75) is 61.9 Å². The van der Waals surface area contributed by atoms with Gasteiger partial charge in [-0.2, -0.15) is 0 Å². The minimum Gasteiger partial charge on any atom is -0.487 e. The molecule has 1 saturated carbocycles. The van der Waals surface area contributed by atoms with Crippen molar-refractivity contribution < 1.29 is 14.3 Å². The molecule has 0 aromatic heterocycles. The Morgan fingerprint density at radius 2 is 1.76 bits per heavy atom. The fourth-order valence-corrected chi connectivity index (χ4v) is 2.85. The minimum atomic E-state index is -0.187. The van der Waals surface area contributed by atoms with Gasteiger partial charge in [0.2, 0.25) is 0 Å². The van der Waals surface area contributed by atoms with Gasteiger partial charge < -0.3 is 9.47 Å². The first-order valence-corrected chi connectivity index (χ1v) is 8.98. The van der Waals surface area contributed by atoms with Crippen LogP contribution in [0, 0.1) is 0 Å². The van der Waals surface area contributed by atoms with Crippen LogP contribution < -0.4 is 9.47 Å². The number of hydrogen-bond donors (Lipinski definition) is 0. The highest BCUT2D eigenvalue weighted by Crippen LogP contribution is 2.37. The number of ether oxygens (including phenoxy) is 2. The highest BCUT2D eigenvalue weighted by molar-refractivity contribution is 14.1. The predicted octanol–water partition coefficient (Wildman–Crippen LogP) is 4.91. The van der Waals surface area contributed by atoms with Crippen LogP contribution >= 0.6 is 22.6 Å². The Morgan fingerprint density at radius 1 is 1.19 bits per heavy atom. The Hall–Kier alpha value is -0.780. The number of rotatable bonds is 6. The fraction of sp³-hybridized carbons (Fsp3) is 0.588. The molecule has 0 spiro atoms. The first-order chi connectivity index (χ1) is 10.1. The highest BCUT2D eigenvalue weighted by atomic mass is 127. The van der Waals surface area contributed by atoms with Gasteiger partial charge in [0, 0.05) is 0 Å². The van der Waals surface area contributed by atoms with E-state index < -0.39 is 0 Å². The molecule has 116 valence electrons. The Kier molecular flexibility index (Phi) is 5.90. The van der Waals surface area contributed by atoms with E-state index >= 15 is 0 Å². The molecule has 21 heavy (non-hydrogen) atoms. The molecular formula is C17H23IO3. The van der Waals surface area contributed by atoms with E-state index in [0.29, 0.717) is 5.75 Å². The minimum absolute atomic E-state index is 0.00765. The van der Waals surface area contributed by atoms with Crippen molar-refractivity contribution >= 4 is 28.6 Å². The molecule has 4 heteroatoms. The third kappa shape index (κ3) is 4.34. The van der Waals surface area contributed by atoms with Crippen LogP contribution in [0.3, 0.4) is 0 Å². The van der Waals surface area contributed by atoms with Crippen molar-refractivity contribution in [2.24, 2.45) is 0 Å². The summed E-state index contributed by atoms with van der Waals surface area (Å²) < 4.78 is 11.4. The molecule has 1 aliphatic rings. The number of carbonyl (C=O) groups excluding carboxylic acids is 1. The van der Waals surface area contributed by atoms with E-state index in [0.717, 1.165) is 31.4 Å². The topological polar surface area (TPSA) is 35.5 Å². The maximum Gasteiger partial charge on any atom is 0.324 e. The first kappa shape index (κ1) is 16.6. The summed E-state index contributed by atoms with van der Waals surface area (Å²) in [5, 5.41) is 0. The lowest BCUT2D eigenvalue weighted by molar-refractivity contribution is -0.133. The van der Waals surface area contributed by atoms with E-state index in [4.69, 9.17) is 9.47 Å². The summed E-state index contributed by atoms with van der Waals surface area (Å²) >= 11 is 2.11. The van der Waals surface area contributed by atoms with Crippen molar-refractivity contribution in [1.82, 2.24) is 0 Å². The van der Waals surface area contributed by atoms with Crippen molar-refractivity contribution in [1.29, 1.82) is 0 Å². The van der Waals surface area contributed by atoms with Crippen LogP contribution in [0.2, 0.25) is 0 Å². The molecule has 1 aromatic carbocycles. The Balaban J connectivity index is 1.97. The lowest BCUT2D eigenvalue weighted by atomic mass is 9.99. The first-order valence-electron chi connectivity index (χ1n) is 7.73. The van der Waals surface area contributed by atoms with Crippen LogP contribution in [0.1, 0.15) is 52.4 Å². The van der Waals surface area contributed by atoms with Gasteiger partial charge in [0.1, 0.15) is 21.0 Å². The molecular weight excluding hydrogens is 379 g/mol. The van der Waals surface area contributed by atoms with Crippen LogP contribution in [0.5, 0.6) is 11.5 Å². The normalized spacial score (nSPS) is 18.2. The summed E-state index contributed by atoms with van der Waals surface area (Å²) in [7, 11) is 0. The molecule has 2 rings (SSSR count). The smallest absolute Gasteiger partial charge is 0.324 e. The number of esters is 1. The molecule has 3 nitrogen and oxygen atoms in total. The van der Waals surface area contributed by atoms with Crippen molar-refractivity contribution in [3.63, 3.8) is 0 Å². The Morgan fingerprint density at radius 3 is 2.29 bits per heavy atom. The molecule has 0 N–H and O–H groups in total. The Bertz CT molecular complexity index is 463. The summed E-state index contributed by atoms with van der Waals surface area (Å²) in [5.74, 6) is 1.26. The van der Waals surface area contributed by atoms with E-state index in [9.17, 15) is 4.79 Å². The maximum atomic E-state index is 11.7. The zero-order chi connectivity index (χ0) is 15.3. The SMILES string of the molecule is CCC(I)C(=O)Oc1ccc(OC2(CC)CCCC2)cc1. The maximum absolute atomic E-state index is 11.7. The van der Waals surface area contributed by atoms with Crippen molar-refractivity contribution in [2.75, 3.05) is 0 Å². The third-order valence-electron chi connectivity index (χ3n) is 4.15. The molecule has 0 bridgehead atoms. The van der Waals surface area contributed by atoms with E-state index in [-0.39, 0.29) is 15.5 Å². The molecule has 0 saturated heterocycles. The molecule has 0 amide bonds. The van der Waals surface area contributed by atoms with Crippen LogP contribution in [-0.4, -0.2) is 15.5 Å². The summed E-state index contributed by atoms with van der Waals surface area (Å²) in [6, 6.07) is 7.41. The van der Waals surface area contributed by atoms with Gasteiger partial charge in [0.05, 0.1) is 0 Å². The fourth-order valence-electron chi connectivity index (χ4n) is 2.72. The number of hydrogen-bond acceptors (Lipinski definition) is 3. The second-order valence-electron chi connectivity index (χ2n) is 5.61. The van der Waals surface area contributed by atoms with Crippen LogP contribution in [0.25, 0.3) is 0 Å². The van der Waals surface area contributed by atoms with E-state index in [2.05, 4.69) is 29.5 Å². The number of carbonyl (C=O) groups is 1. The number of benzene rings is 1. The summed E-state index contributed by atoms with van der Waals surface area (Å²) in [5.41, 5.74) is 0.00765. The highest BCUT2D eigenvalue weighted by Gasteiger charge is 2.34. The second kappa shape index (κ2) is 7.47. The van der Waals surface area contributed by atoms with Crippen LogP contribution in [0.15, 0.2) is 24.3 Å². The molecule has 0 heterocycles. The van der Waals surface area contributed by atoms with Crippen LogP contribution in [-0.2, 0) is 4.79 Å². The lowest BCUT2D eigenvalue weighted by Crippen LogP contribution is -2.31. The van der Waals surface area contributed by atoms with E-state index in [1.54, 1.807) is 0 Å². The summed E-state index contributed by atoms with van der Waals surface area (Å²) in [6.45, 7) is 4.16. The molecule has 1 aliphatic carbocycles. The third-order valence-corrected chi connectivity index (χ3v) is 5.54. The zero-order valence-electron chi connectivity index (χ0n) is 12.7. The second-order valence-corrected chi connectivity index (χ2v) is 7.12. The average molecular weight is 402 g/mol. The van der Waals surface area contributed by atoms with Gasteiger partial charge >= 0.3 is 5.97 Å². The van der Waals surface area contributed by atoms with Crippen molar-refractivity contribution in [3.05, 3.63) is 24.3 Å². The van der Waals surface area contributed by atoms with E-state index in [1.165, 1.54) is 12.8 Å². The van der Waals surface area contributed by atoms with Gasteiger partial charge in [-0.3, -0.25) is 4.79 Å². The average Bonchev–Trinajstić information content (AvgIpc) is 2.97. The van der Waals surface area contributed by atoms with Gasteiger partial charge in [-0.25, -0.2) is 0 Å². The molecule has 1 fully saturated rings. The molecule has 1 aromatic rings. The lowest BCUT2D eigenvalue weighted by Gasteiger charge is -2.29. The zero-order valence-corrected chi connectivity index (χ0v) is 14.9. The molecule has 0 radical (unpaired) electrons. The quantitative estimate of drug-likeness (QED) is 0.294. The summed E-state index contributed by atoms with van der Waals surface area (Å²) in [4.78, 5) is 11.7. The van der Waals surface area contributed by atoms with Gasteiger partial charge in [-0.05, 0) is 62.8 Å². The van der Waals surface area contributed by atoms with E-state index in [1.807, 2.05) is 31.2 Å². The number of halogens is 1. The molecule has 1 atom stereocenters. The largest absolute Gasteiger partial charge is 0.487 e. The number of alkyl halides is 1. The molecule has 1 unspecified atom stereocenters. The predicted molar refractivity (Wildman–Crippen MR) is 92.3 cm³/mol. The van der Waals surface area contributed by atoms with Gasteiger partial charge in [-0.1, -0.05) is 36.4 Å². The standard InChI is InChI=1S/C17H23IO3/c1-3-15(18)16(19)20-13-7-9-14(10-8-13)21-17(4-2)11-5-6-12-17/h7-10,15H,3-6,11-12H2,1-2H3. The van der Waals surface area contributed by atoms with Crippen LogP contribution in [0.4, 0.5) is 0 Å².